The highest BCUT2D eigenvalue weighted by molar-refractivity contribution is 5.93. The molecular weight excluding hydrogens is 316 g/mol. The van der Waals surface area contributed by atoms with E-state index in [4.69, 9.17) is 0 Å². The van der Waals surface area contributed by atoms with Gasteiger partial charge in [0.25, 0.3) is 0 Å². The molecule has 136 valence electrons. The summed E-state index contributed by atoms with van der Waals surface area (Å²) in [7, 11) is 0. The molecule has 1 aromatic rings. The monoisotopic (exact) mass is 344 g/mol. The maximum absolute atomic E-state index is 12.1. The molecule has 1 atom stereocenters. The van der Waals surface area contributed by atoms with Crippen molar-refractivity contribution in [3.63, 3.8) is 0 Å². The van der Waals surface area contributed by atoms with Crippen LogP contribution in [-0.2, 0) is 16.0 Å². The van der Waals surface area contributed by atoms with Gasteiger partial charge in [-0.25, -0.2) is 0 Å². The summed E-state index contributed by atoms with van der Waals surface area (Å²) in [5.74, 6) is -1.49. The zero-order chi connectivity index (χ0) is 18.1. The molecule has 1 aliphatic rings. The summed E-state index contributed by atoms with van der Waals surface area (Å²) in [4.78, 5) is 23.4. The molecule has 0 spiro atoms. The molecule has 0 radical (unpaired) electrons. The molecule has 0 aliphatic heterocycles. The number of carbonyl (C=O) groups is 2. The van der Waals surface area contributed by atoms with E-state index in [0.717, 1.165) is 25.7 Å². The van der Waals surface area contributed by atoms with Crippen molar-refractivity contribution >= 4 is 17.6 Å². The van der Waals surface area contributed by atoms with Crippen molar-refractivity contribution in [3.8, 4) is 0 Å². The summed E-state index contributed by atoms with van der Waals surface area (Å²) in [6.07, 6.45) is 8.69. The van der Waals surface area contributed by atoms with Crippen LogP contribution in [0.2, 0.25) is 0 Å². The SMILES string of the molecule is CCc1ccc(NC(=O)C[C@@H]([NH2+]CCC2=CCCCC2)C(=O)[O-])cc1. The predicted octanol–water partition coefficient (Wildman–Crippen LogP) is 1.15. The van der Waals surface area contributed by atoms with Gasteiger partial charge in [0, 0.05) is 12.1 Å². The minimum atomic E-state index is -1.19. The third kappa shape index (κ3) is 6.70. The van der Waals surface area contributed by atoms with Crippen LogP contribution in [0.3, 0.4) is 0 Å². The quantitative estimate of drug-likeness (QED) is 0.659. The van der Waals surface area contributed by atoms with Crippen molar-refractivity contribution in [1.29, 1.82) is 0 Å². The molecule has 3 N–H and O–H groups in total. The Labute approximate surface area is 149 Å². The fraction of sp³-hybridized carbons (Fsp3) is 0.500. The Morgan fingerprint density at radius 3 is 2.60 bits per heavy atom. The molecule has 0 saturated carbocycles. The summed E-state index contributed by atoms with van der Waals surface area (Å²) in [6.45, 7) is 2.74. The molecule has 1 amide bonds. The molecule has 0 bridgehead atoms. The fourth-order valence-electron chi connectivity index (χ4n) is 3.10. The standard InChI is InChI=1S/C20H28N2O3/c1-2-15-8-10-17(11-9-15)22-19(23)14-18(20(24)25)21-13-12-16-6-4-3-5-7-16/h6,8-11,18,21H,2-5,7,12-14H2,1H3,(H,22,23)(H,24,25)/t18-/m1/s1. The van der Waals surface area contributed by atoms with E-state index in [1.807, 2.05) is 24.3 Å². The Bertz CT molecular complexity index is 608. The summed E-state index contributed by atoms with van der Waals surface area (Å²) in [6, 6.07) is 6.74. The van der Waals surface area contributed by atoms with Crippen LogP contribution in [0.1, 0.15) is 51.0 Å². The molecule has 1 aliphatic carbocycles. The zero-order valence-electron chi connectivity index (χ0n) is 14.9. The maximum atomic E-state index is 12.1. The lowest BCUT2D eigenvalue weighted by Gasteiger charge is -2.18. The van der Waals surface area contributed by atoms with Crippen LogP contribution >= 0.6 is 0 Å². The molecule has 0 unspecified atom stereocenters. The van der Waals surface area contributed by atoms with Gasteiger partial charge in [-0.1, -0.05) is 30.7 Å². The van der Waals surface area contributed by atoms with E-state index in [9.17, 15) is 14.7 Å². The fourth-order valence-corrected chi connectivity index (χ4v) is 3.10. The first kappa shape index (κ1) is 19.2. The summed E-state index contributed by atoms with van der Waals surface area (Å²) < 4.78 is 0. The van der Waals surface area contributed by atoms with Crippen molar-refractivity contribution in [1.82, 2.24) is 0 Å². The zero-order valence-corrected chi connectivity index (χ0v) is 14.9. The number of carboxylic acids is 1. The number of anilines is 1. The van der Waals surface area contributed by atoms with Gasteiger partial charge in [0.2, 0.25) is 5.91 Å². The Morgan fingerprint density at radius 2 is 2.00 bits per heavy atom. The molecule has 5 heteroatoms. The first-order chi connectivity index (χ1) is 12.1. The van der Waals surface area contributed by atoms with Crippen molar-refractivity contribution in [2.75, 3.05) is 11.9 Å². The Hall–Kier alpha value is -2.14. The Kier molecular flexibility index (Phi) is 7.67. The van der Waals surface area contributed by atoms with Gasteiger partial charge >= 0.3 is 0 Å². The number of aryl methyl sites for hydroxylation is 1. The molecular formula is C20H28N2O3. The summed E-state index contributed by atoms with van der Waals surface area (Å²) in [5.41, 5.74) is 3.28. The number of hydrogen-bond donors (Lipinski definition) is 2. The number of nitrogens with one attached hydrogen (secondary N) is 1. The number of rotatable bonds is 9. The number of hydrogen-bond acceptors (Lipinski definition) is 3. The third-order valence-corrected chi connectivity index (χ3v) is 4.66. The van der Waals surface area contributed by atoms with E-state index in [2.05, 4.69) is 18.3 Å². The minimum absolute atomic E-state index is 0.0864. The number of nitrogens with two attached hydrogens (primary N) is 1. The van der Waals surface area contributed by atoms with Crippen LogP contribution in [0.4, 0.5) is 5.69 Å². The number of amides is 1. The molecule has 0 fully saturated rings. The van der Waals surface area contributed by atoms with E-state index < -0.39 is 12.0 Å². The highest BCUT2D eigenvalue weighted by atomic mass is 16.4. The number of benzene rings is 1. The van der Waals surface area contributed by atoms with E-state index >= 15 is 0 Å². The van der Waals surface area contributed by atoms with Gasteiger partial charge in [-0.3, -0.25) is 4.79 Å². The smallest absolute Gasteiger partial charge is 0.230 e. The highest BCUT2D eigenvalue weighted by Crippen LogP contribution is 2.19. The molecule has 0 aromatic heterocycles. The summed E-state index contributed by atoms with van der Waals surface area (Å²) in [5, 5.41) is 15.8. The van der Waals surface area contributed by atoms with Gasteiger partial charge in [0.05, 0.1) is 18.9 Å². The number of allylic oxidation sites excluding steroid dienone is 1. The van der Waals surface area contributed by atoms with Crippen molar-refractivity contribution < 1.29 is 20.0 Å². The lowest BCUT2D eigenvalue weighted by atomic mass is 9.97. The van der Waals surface area contributed by atoms with E-state index in [1.54, 1.807) is 5.32 Å². The lowest BCUT2D eigenvalue weighted by Crippen LogP contribution is -2.93. The van der Waals surface area contributed by atoms with Crippen molar-refractivity contribution in [2.24, 2.45) is 0 Å². The molecule has 0 heterocycles. The first-order valence-corrected chi connectivity index (χ1v) is 9.19. The van der Waals surface area contributed by atoms with Crippen LogP contribution in [0.5, 0.6) is 0 Å². The second-order valence-electron chi connectivity index (χ2n) is 6.61. The van der Waals surface area contributed by atoms with E-state index in [0.29, 0.717) is 12.2 Å². The average Bonchev–Trinajstić information content (AvgIpc) is 2.62. The van der Waals surface area contributed by atoms with Crippen LogP contribution in [0, 0.1) is 0 Å². The predicted molar refractivity (Wildman–Crippen MR) is 95.8 cm³/mol. The maximum Gasteiger partial charge on any atom is 0.230 e. The van der Waals surface area contributed by atoms with Gasteiger partial charge in [0.1, 0.15) is 6.04 Å². The number of aliphatic carboxylic acids is 1. The van der Waals surface area contributed by atoms with E-state index in [-0.39, 0.29) is 12.3 Å². The van der Waals surface area contributed by atoms with Gasteiger partial charge in [0.15, 0.2) is 0 Å². The van der Waals surface area contributed by atoms with Gasteiger partial charge in [-0.2, -0.15) is 0 Å². The van der Waals surface area contributed by atoms with E-state index in [1.165, 1.54) is 24.0 Å². The number of quaternary nitrogens is 1. The second kappa shape index (κ2) is 9.99. The normalized spacial score (nSPS) is 15.3. The van der Waals surface area contributed by atoms with Gasteiger partial charge in [-0.15, -0.1) is 0 Å². The van der Waals surface area contributed by atoms with Crippen molar-refractivity contribution in [2.45, 2.75) is 57.9 Å². The molecule has 2 rings (SSSR count). The number of carbonyl (C=O) groups excluding carboxylic acids is 2. The molecule has 25 heavy (non-hydrogen) atoms. The van der Waals surface area contributed by atoms with Crippen LogP contribution in [-0.4, -0.2) is 24.5 Å². The van der Waals surface area contributed by atoms with Gasteiger partial charge < -0.3 is 20.5 Å². The Balaban J connectivity index is 1.79. The Morgan fingerprint density at radius 1 is 1.24 bits per heavy atom. The third-order valence-electron chi connectivity index (χ3n) is 4.66. The van der Waals surface area contributed by atoms with Crippen LogP contribution in [0.15, 0.2) is 35.9 Å². The van der Waals surface area contributed by atoms with Crippen molar-refractivity contribution in [3.05, 3.63) is 41.5 Å². The minimum Gasteiger partial charge on any atom is -0.544 e. The molecule has 0 saturated heterocycles. The average molecular weight is 344 g/mol. The molecule has 1 aromatic carbocycles. The first-order valence-electron chi connectivity index (χ1n) is 9.19. The molecule has 5 nitrogen and oxygen atoms in total. The number of carboxylic acid groups (broad SMARTS) is 1. The summed E-state index contributed by atoms with van der Waals surface area (Å²) >= 11 is 0. The van der Waals surface area contributed by atoms with Gasteiger partial charge in [-0.05, 0) is 49.8 Å². The largest absolute Gasteiger partial charge is 0.544 e. The lowest BCUT2D eigenvalue weighted by molar-refractivity contribution is -0.682. The highest BCUT2D eigenvalue weighted by Gasteiger charge is 2.18. The second-order valence-corrected chi connectivity index (χ2v) is 6.61. The topological polar surface area (TPSA) is 85.8 Å². The van der Waals surface area contributed by atoms with Crippen LogP contribution < -0.4 is 15.7 Å². The van der Waals surface area contributed by atoms with Crippen LogP contribution in [0.25, 0.3) is 0 Å².